The average Bonchev–Trinajstić information content (AvgIpc) is 2.56. The van der Waals surface area contributed by atoms with Crippen molar-refractivity contribution in [3.05, 3.63) is 65.5 Å². The maximum atomic E-state index is 12.9. The van der Waals surface area contributed by atoms with Gasteiger partial charge in [-0.2, -0.15) is 0 Å². The second-order valence-electron chi connectivity index (χ2n) is 5.71. The van der Waals surface area contributed by atoms with Gasteiger partial charge in [-0.25, -0.2) is 4.39 Å². The molecule has 0 radical (unpaired) electrons. The molecule has 4 nitrogen and oxygen atoms in total. The van der Waals surface area contributed by atoms with Gasteiger partial charge in [0.05, 0.1) is 19.6 Å². The second kappa shape index (κ2) is 6.38. The Hall–Kier alpha value is -2.40. The van der Waals surface area contributed by atoms with Crippen LogP contribution in [0.15, 0.2) is 48.5 Å². The number of carbonyl (C=O) groups is 1. The van der Waals surface area contributed by atoms with Crippen LogP contribution >= 0.6 is 0 Å². The molecule has 0 bridgehead atoms. The number of halogens is 1. The van der Waals surface area contributed by atoms with E-state index in [2.05, 4.69) is 5.32 Å². The number of amides is 1. The predicted octanol–water partition coefficient (Wildman–Crippen LogP) is 2.15. The summed E-state index contributed by atoms with van der Waals surface area (Å²) in [5.74, 6) is 0.102. The summed E-state index contributed by atoms with van der Waals surface area (Å²) in [5.41, 5.74) is 0.282. The van der Waals surface area contributed by atoms with Crippen LogP contribution in [-0.4, -0.2) is 24.2 Å². The number of aliphatic hydroxyl groups is 1. The Bertz CT molecular complexity index is 702. The molecule has 3 rings (SSSR count). The second-order valence-corrected chi connectivity index (χ2v) is 5.71. The van der Waals surface area contributed by atoms with Gasteiger partial charge in [0.25, 0.3) is 0 Å². The van der Waals surface area contributed by atoms with Gasteiger partial charge in [0.15, 0.2) is 0 Å². The molecule has 2 aromatic rings. The standard InChI is InChI=1S/C18H18FNO3/c19-14-7-5-13(6-8-14)11-17(21)20-12-18(22)9-10-23-16-4-2-1-3-15(16)18/h1-8,22H,9-12H2,(H,20,21)/t18-/m1/s1. The lowest BCUT2D eigenvalue weighted by Gasteiger charge is -2.34. The largest absolute Gasteiger partial charge is 0.493 e. The molecule has 0 fully saturated rings. The normalized spacial score (nSPS) is 19.6. The molecule has 0 saturated carbocycles. The monoisotopic (exact) mass is 315 g/mol. The molecule has 23 heavy (non-hydrogen) atoms. The number of benzene rings is 2. The minimum atomic E-state index is -1.13. The van der Waals surface area contributed by atoms with Crippen molar-refractivity contribution in [3.63, 3.8) is 0 Å². The first-order chi connectivity index (χ1) is 11.1. The molecule has 0 unspecified atom stereocenters. The van der Waals surface area contributed by atoms with Crippen LogP contribution < -0.4 is 10.1 Å². The first-order valence-electron chi connectivity index (χ1n) is 7.53. The summed E-state index contributed by atoms with van der Waals surface area (Å²) in [4.78, 5) is 12.0. The van der Waals surface area contributed by atoms with Crippen molar-refractivity contribution in [1.82, 2.24) is 5.32 Å². The number of carbonyl (C=O) groups excluding carboxylic acids is 1. The number of hydrogen-bond acceptors (Lipinski definition) is 3. The van der Waals surface area contributed by atoms with Crippen LogP contribution in [0.1, 0.15) is 17.5 Å². The van der Waals surface area contributed by atoms with Crippen LogP contribution in [0.2, 0.25) is 0 Å². The fraction of sp³-hybridized carbons (Fsp3) is 0.278. The lowest BCUT2D eigenvalue weighted by Crippen LogP contribution is -2.44. The van der Waals surface area contributed by atoms with Crippen LogP contribution in [0, 0.1) is 5.82 Å². The lowest BCUT2D eigenvalue weighted by molar-refractivity contribution is -0.122. The van der Waals surface area contributed by atoms with E-state index in [0.717, 1.165) is 5.56 Å². The van der Waals surface area contributed by atoms with Gasteiger partial charge in [-0.1, -0.05) is 30.3 Å². The number of nitrogens with one attached hydrogen (secondary N) is 1. The molecule has 1 amide bonds. The molecule has 0 saturated heterocycles. The van der Waals surface area contributed by atoms with Gasteiger partial charge < -0.3 is 15.2 Å². The highest BCUT2D eigenvalue weighted by atomic mass is 19.1. The van der Waals surface area contributed by atoms with Crippen molar-refractivity contribution in [3.8, 4) is 5.75 Å². The zero-order chi connectivity index (χ0) is 16.3. The third kappa shape index (κ3) is 3.51. The van der Waals surface area contributed by atoms with Crippen LogP contribution in [0.25, 0.3) is 0 Å². The summed E-state index contributed by atoms with van der Waals surface area (Å²) in [5, 5.41) is 13.6. The Morgan fingerprint density at radius 3 is 2.74 bits per heavy atom. The van der Waals surface area contributed by atoms with Crippen molar-refractivity contribution in [2.45, 2.75) is 18.4 Å². The van der Waals surface area contributed by atoms with Gasteiger partial charge in [0.1, 0.15) is 17.2 Å². The first-order valence-corrected chi connectivity index (χ1v) is 7.53. The van der Waals surface area contributed by atoms with Crippen molar-refractivity contribution >= 4 is 5.91 Å². The van der Waals surface area contributed by atoms with E-state index in [0.29, 0.717) is 24.3 Å². The molecule has 0 spiro atoms. The molecule has 1 aliphatic rings. The molecule has 2 aromatic carbocycles. The third-order valence-electron chi connectivity index (χ3n) is 4.02. The summed E-state index contributed by atoms with van der Waals surface area (Å²) in [6.45, 7) is 0.523. The predicted molar refractivity (Wildman–Crippen MR) is 83.6 cm³/mol. The maximum Gasteiger partial charge on any atom is 0.224 e. The van der Waals surface area contributed by atoms with E-state index in [9.17, 15) is 14.3 Å². The van der Waals surface area contributed by atoms with E-state index >= 15 is 0 Å². The molecule has 0 aromatic heterocycles. The molecule has 5 heteroatoms. The Morgan fingerprint density at radius 2 is 1.96 bits per heavy atom. The summed E-state index contributed by atoms with van der Waals surface area (Å²) in [6.07, 6.45) is 0.565. The van der Waals surface area contributed by atoms with Crippen molar-refractivity contribution < 1.29 is 19.0 Å². The molecular formula is C18H18FNO3. The molecule has 1 aliphatic heterocycles. The topological polar surface area (TPSA) is 58.6 Å². The van der Waals surface area contributed by atoms with Crippen LogP contribution in [0.5, 0.6) is 5.75 Å². The van der Waals surface area contributed by atoms with E-state index in [4.69, 9.17) is 4.74 Å². The number of hydrogen-bond donors (Lipinski definition) is 2. The van der Waals surface area contributed by atoms with Gasteiger partial charge >= 0.3 is 0 Å². The lowest BCUT2D eigenvalue weighted by atomic mass is 9.88. The quantitative estimate of drug-likeness (QED) is 0.909. The fourth-order valence-electron chi connectivity index (χ4n) is 2.72. The Labute approximate surface area is 133 Å². The van der Waals surface area contributed by atoms with E-state index in [1.54, 1.807) is 24.3 Å². The maximum absolute atomic E-state index is 12.9. The highest BCUT2D eigenvalue weighted by Gasteiger charge is 2.35. The number of fused-ring (bicyclic) bond motifs is 1. The van der Waals surface area contributed by atoms with Crippen LogP contribution in [-0.2, 0) is 16.8 Å². The van der Waals surface area contributed by atoms with Crippen molar-refractivity contribution in [2.24, 2.45) is 0 Å². The van der Waals surface area contributed by atoms with E-state index in [1.807, 2.05) is 12.1 Å². The zero-order valence-corrected chi connectivity index (χ0v) is 12.6. The molecule has 2 N–H and O–H groups in total. The van der Waals surface area contributed by atoms with Crippen LogP contribution in [0.3, 0.4) is 0 Å². The number of para-hydroxylation sites is 1. The zero-order valence-electron chi connectivity index (χ0n) is 12.6. The minimum Gasteiger partial charge on any atom is -0.493 e. The molecular weight excluding hydrogens is 297 g/mol. The van der Waals surface area contributed by atoms with E-state index in [1.165, 1.54) is 12.1 Å². The van der Waals surface area contributed by atoms with Gasteiger partial charge in [0.2, 0.25) is 5.91 Å². The van der Waals surface area contributed by atoms with Gasteiger partial charge in [0, 0.05) is 12.0 Å². The molecule has 0 aliphatic carbocycles. The SMILES string of the molecule is O=C(Cc1ccc(F)cc1)NC[C@]1(O)CCOc2ccccc21. The Morgan fingerprint density at radius 1 is 1.22 bits per heavy atom. The Kier molecular flexibility index (Phi) is 4.30. The minimum absolute atomic E-state index is 0.118. The summed E-state index contributed by atoms with van der Waals surface area (Å²) < 4.78 is 18.4. The molecule has 120 valence electrons. The molecule has 1 atom stereocenters. The highest BCUT2D eigenvalue weighted by molar-refractivity contribution is 5.78. The smallest absolute Gasteiger partial charge is 0.224 e. The van der Waals surface area contributed by atoms with Gasteiger partial charge in [-0.15, -0.1) is 0 Å². The Balaban J connectivity index is 1.64. The fourth-order valence-corrected chi connectivity index (χ4v) is 2.72. The highest BCUT2D eigenvalue weighted by Crippen LogP contribution is 2.36. The summed E-state index contributed by atoms with van der Waals surface area (Å²) in [6, 6.07) is 13.1. The first kappa shape index (κ1) is 15.5. The van der Waals surface area contributed by atoms with Crippen molar-refractivity contribution in [2.75, 3.05) is 13.2 Å². The average molecular weight is 315 g/mol. The third-order valence-corrected chi connectivity index (χ3v) is 4.02. The van der Waals surface area contributed by atoms with Crippen LogP contribution in [0.4, 0.5) is 4.39 Å². The summed E-state index contributed by atoms with van der Waals surface area (Å²) >= 11 is 0. The summed E-state index contributed by atoms with van der Waals surface area (Å²) in [7, 11) is 0. The number of rotatable bonds is 4. The van der Waals surface area contributed by atoms with Gasteiger partial charge in [-0.3, -0.25) is 4.79 Å². The number of ether oxygens (including phenoxy) is 1. The van der Waals surface area contributed by atoms with E-state index < -0.39 is 5.60 Å². The molecule has 1 heterocycles. The van der Waals surface area contributed by atoms with Gasteiger partial charge in [-0.05, 0) is 23.8 Å². The van der Waals surface area contributed by atoms with Crippen molar-refractivity contribution in [1.29, 1.82) is 0 Å². The van der Waals surface area contributed by atoms with E-state index in [-0.39, 0.29) is 24.7 Å².